The number of benzene rings is 1. The molecule has 0 aromatic heterocycles. The van der Waals surface area contributed by atoms with Crippen molar-refractivity contribution in [2.75, 3.05) is 13.7 Å². The highest BCUT2D eigenvalue weighted by molar-refractivity contribution is 7.89. The Morgan fingerprint density at radius 2 is 1.86 bits per heavy atom. The zero-order valence-electron chi connectivity index (χ0n) is 11.7. The van der Waals surface area contributed by atoms with Crippen molar-refractivity contribution >= 4 is 21.8 Å². The molecule has 7 nitrogen and oxygen atoms in total. The molecule has 2 N–H and O–H groups in total. The third kappa shape index (κ3) is 4.92. The van der Waals surface area contributed by atoms with E-state index < -0.39 is 22.0 Å². The van der Waals surface area contributed by atoms with Gasteiger partial charge in [0.1, 0.15) is 6.04 Å². The molecule has 0 saturated heterocycles. The van der Waals surface area contributed by atoms with E-state index in [1.807, 2.05) is 0 Å². The number of nitrogens with one attached hydrogen (secondary N) is 1. The normalized spacial score (nSPS) is 12.9. The van der Waals surface area contributed by atoms with E-state index >= 15 is 0 Å². The zero-order chi connectivity index (χ0) is 16.0. The van der Waals surface area contributed by atoms with Crippen molar-refractivity contribution in [2.24, 2.45) is 0 Å². The van der Waals surface area contributed by atoms with Gasteiger partial charge in [-0.05, 0) is 25.5 Å². The largest absolute Gasteiger partial charge is 0.480 e. The third-order valence-electron chi connectivity index (χ3n) is 2.78. The van der Waals surface area contributed by atoms with Crippen LogP contribution in [0.1, 0.15) is 23.7 Å². The van der Waals surface area contributed by atoms with Gasteiger partial charge >= 0.3 is 5.97 Å². The molecule has 0 saturated carbocycles. The Balaban J connectivity index is 2.93. The quantitative estimate of drug-likeness (QED) is 0.682. The summed E-state index contributed by atoms with van der Waals surface area (Å²) in [7, 11) is -2.58. The van der Waals surface area contributed by atoms with Gasteiger partial charge in [0, 0.05) is 19.3 Å². The first kappa shape index (κ1) is 17.3. The predicted molar refractivity (Wildman–Crippen MR) is 74.7 cm³/mol. The van der Waals surface area contributed by atoms with Crippen LogP contribution in [0.2, 0.25) is 0 Å². The first-order valence-electron chi connectivity index (χ1n) is 6.13. The van der Waals surface area contributed by atoms with Crippen molar-refractivity contribution in [3.63, 3.8) is 0 Å². The number of carboxylic acid groups (broad SMARTS) is 1. The lowest BCUT2D eigenvalue weighted by Gasteiger charge is -2.14. The summed E-state index contributed by atoms with van der Waals surface area (Å²) in [5.74, 6) is -1.47. The topological polar surface area (TPSA) is 110 Å². The summed E-state index contributed by atoms with van der Waals surface area (Å²) in [6.45, 7) is 1.48. The number of ketones is 1. The van der Waals surface area contributed by atoms with Gasteiger partial charge in [0.25, 0.3) is 0 Å². The molecular weight excluding hydrogens is 298 g/mol. The Hall–Kier alpha value is -1.77. The Bertz CT molecular complexity index is 608. The van der Waals surface area contributed by atoms with Crippen molar-refractivity contribution in [3.8, 4) is 0 Å². The number of rotatable bonds is 8. The molecule has 0 amide bonds. The molecule has 1 unspecified atom stereocenters. The Morgan fingerprint density at radius 3 is 2.29 bits per heavy atom. The lowest BCUT2D eigenvalue weighted by atomic mass is 10.2. The zero-order valence-corrected chi connectivity index (χ0v) is 12.5. The number of carboxylic acids is 1. The summed E-state index contributed by atoms with van der Waals surface area (Å²) in [5.41, 5.74) is 0.378. The minimum absolute atomic E-state index is 0.0105. The molecule has 1 aromatic carbocycles. The van der Waals surface area contributed by atoms with Crippen LogP contribution in [0.3, 0.4) is 0 Å². The number of hydrogen-bond donors (Lipinski definition) is 2. The van der Waals surface area contributed by atoms with Crippen molar-refractivity contribution in [3.05, 3.63) is 29.8 Å². The molecule has 0 heterocycles. The number of Topliss-reactive ketones (excluding diaryl/α,β-unsaturated/α-hetero) is 1. The number of sulfonamides is 1. The molecule has 0 spiro atoms. The molecule has 1 rings (SSSR count). The van der Waals surface area contributed by atoms with E-state index in [9.17, 15) is 18.0 Å². The molecule has 0 aliphatic carbocycles. The monoisotopic (exact) mass is 315 g/mol. The van der Waals surface area contributed by atoms with E-state index in [4.69, 9.17) is 9.84 Å². The molecule has 21 heavy (non-hydrogen) atoms. The maximum atomic E-state index is 12.1. The van der Waals surface area contributed by atoms with Crippen molar-refractivity contribution in [1.29, 1.82) is 0 Å². The molecule has 0 aliphatic rings. The van der Waals surface area contributed by atoms with Gasteiger partial charge in [-0.2, -0.15) is 4.72 Å². The van der Waals surface area contributed by atoms with E-state index in [2.05, 4.69) is 4.72 Å². The first-order valence-corrected chi connectivity index (χ1v) is 7.61. The van der Waals surface area contributed by atoms with Crippen LogP contribution in [-0.4, -0.2) is 45.0 Å². The standard InChI is InChI=1S/C13H17NO6S/c1-9(15)10-3-5-11(6-4-10)21(18,19)14-12(13(16)17)7-8-20-2/h3-6,12,14H,7-8H2,1-2H3,(H,16,17). The number of carbonyl (C=O) groups excluding carboxylic acids is 1. The van der Waals surface area contributed by atoms with E-state index in [1.165, 1.54) is 38.3 Å². The van der Waals surface area contributed by atoms with Crippen molar-refractivity contribution < 1.29 is 27.9 Å². The van der Waals surface area contributed by atoms with Crippen LogP contribution in [0.15, 0.2) is 29.2 Å². The second-order valence-corrected chi connectivity index (χ2v) is 6.09. The minimum Gasteiger partial charge on any atom is -0.480 e. The number of ether oxygens (including phenoxy) is 1. The average Bonchev–Trinajstić information content (AvgIpc) is 2.43. The van der Waals surface area contributed by atoms with Crippen LogP contribution in [0.25, 0.3) is 0 Å². The summed E-state index contributed by atoms with van der Waals surface area (Å²) in [6.07, 6.45) is 0.0105. The lowest BCUT2D eigenvalue weighted by Crippen LogP contribution is -2.41. The molecule has 8 heteroatoms. The van der Waals surface area contributed by atoms with Gasteiger partial charge in [0.05, 0.1) is 4.90 Å². The van der Waals surface area contributed by atoms with Gasteiger partial charge in [-0.3, -0.25) is 9.59 Å². The highest BCUT2D eigenvalue weighted by Crippen LogP contribution is 2.12. The molecule has 0 radical (unpaired) electrons. The van der Waals surface area contributed by atoms with Gasteiger partial charge < -0.3 is 9.84 Å². The van der Waals surface area contributed by atoms with E-state index in [0.717, 1.165) is 0 Å². The molecule has 0 aliphatic heterocycles. The summed E-state index contributed by atoms with van der Waals surface area (Å²) in [6, 6.07) is 3.99. The predicted octanol–water partition coefficient (Wildman–Crippen LogP) is 0.657. The highest BCUT2D eigenvalue weighted by atomic mass is 32.2. The highest BCUT2D eigenvalue weighted by Gasteiger charge is 2.25. The molecule has 0 bridgehead atoms. The molecular formula is C13H17NO6S. The number of aliphatic carboxylic acids is 1. The molecule has 1 aromatic rings. The van der Waals surface area contributed by atoms with Crippen LogP contribution < -0.4 is 4.72 Å². The van der Waals surface area contributed by atoms with Crippen molar-refractivity contribution in [2.45, 2.75) is 24.3 Å². The maximum absolute atomic E-state index is 12.1. The molecule has 0 fully saturated rings. The summed E-state index contributed by atoms with van der Waals surface area (Å²) >= 11 is 0. The SMILES string of the molecule is COCCC(NS(=O)(=O)c1ccc(C(C)=O)cc1)C(=O)O. The van der Waals surface area contributed by atoms with Crippen LogP contribution in [0, 0.1) is 0 Å². The summed E-state index contributed by atoms with van der Waals surface area (Å²) < 4.78 is 31.0. The van der Waals surface area contributed by atoms with Gasteiger partial charge in [-0.1, -0.05) is 12.1 Å². The fraction of sp³-hybridized carbons (Fsp3) is 0.385. The van der Waals surface area contributed by atoms with Crippen LogP contribution >= 0.6 is 0 Å². The lowest BCUT2D eigenvalue weighted by molar-refractivity contribution is -0.139. The molecule has 1 atom stereocenters. The Morgan fingerprint density at radius 1 is 1.29 bits per heavy atom. The van der Waals surface area contributed by atoms with Crippen LogP contribution in [0.5, 0.6) is 0 Å². The number of hydrogen-bond acceptors (Lipinski definition) is 5. The smallest absolute Gasteiger partial charge is 0.321 e. The molecule has 116 valence electrons. The van der Waals surface area contributed by atoms with E-state index in [0.29, 0.717) is 5.56 Å². The second kappa shape index (κ2) is 7.30. The third-order valence-corrected chi connectivity index (χ3v) is 4.26. The second-order valence-electron chi connectivity index (χ2n) is 4.37. The Kier molecular flexibility index (Phi) is 6.01. The number of methoxy groups -OCH3 is 1. The fourth-order valence-electron chi connectivity index (χ4n) is 1.59. The van der Waals surface area contributed by atoms with Crippen LogP contribution in [0.4, 0.5) is 0 Å². The fourth-order valence-corrected chi connectivity index (χ4v) is 2.82. The van der Waals surface area contributed by atoms with E-state index in [1.54, 1.807) is 0 Å². The number of carbonyl (C=O) groups is 2. The van der Waals surface area contributed by atoms with Gasteiger partial charge in [0.2, 0.25) is 10.0 Å². The summed E-state index contributed by atoms with van der Waals surface area (Å²) in [5, 5.41) is 9.00. The van der Waals surface area contributed by atoms with Gasteiger partial charge in [0.15, 0.2) is 5.78 Å². The first-order chi connectivity index (χ1) is 9.77. The summed E-state index contributed by atoms with van der Waals surface area (Å²) in [4.78, 5) is 22.1. The van der Waals surface area contributed by atoms with Gasteiger partial charge in [-0.25, -0.2) is 8.42 Å². The van der Waals surface area contributed by atoms with Gasteiger partial charge in [-0.15, -0.1) is 0 Å². The van der Waals surface area contributed by atoms with Crippen molar-refractivity contribution in [1.82, 2.24) is 4.72 Å². The minimum atomic E-state index is -3.98. The average molecular weight is 315 g/mol. The Labute approximate surface area is 123 Å². The van der Waals surface area contributed by atoms with E-state index in [-0.39, 0.29) is 23.7 Å². The van der Waals surface area contributed by atoms with Crippen LogP contribution in [-0.2, 0) is 19.6 Å². The maximum Gasteiger partial charge on any atom is 0.321 e.